The fourth-order valence-electron chi connectivity index (χ4n) is 1.34. The number of benzene rings is 1. The minimum absolute atomic E-state index is 0.0794. The van der Waals surface area contributed by atoms with Crippen LogP contribution >= 0.6 is 23.1 Å². The van der Waals surface area contributed by atoms with Gasteiger partial charge in [0.2, 0.25) is 0 Å². The largest absolute Gasteiger partial charge is 0.497 e. The van der Waals surface area contributed by atoms with Crippen LogP contribution in [0.3, 0.4) is 0 Å². The molecule has 0 aliphatic heterocycles. The Kier molecular flexibility index (Phi) is 2.98. The molecule has 0 radical (unpaired) electrons. The van der Waals surface area contributed by atoms with Gasteiger partial charge >= 0.3 is 0 Å². The molecule has 2 nitrogen and oxygen atoms in total. The van der Waals surface area contributed by atoms with Gasteiger partial charge in [-0.1, -0.05) is 0 Å². The van der Waals surface area contributed by atoms with Crippen molar-refractivity contribution >= 4 is 33.2 Å². The second-order valence-corrected chi connectivity index (χ2v) is 5.19. The molecule has 0 fully saturated rings. The fraction of sp³-hybridized carbons (Fsp3) is 0.182. The molecule has 0 bridgehead atoms. The summed E-state index contributed by atoms with van der Waals surface area (Å²) in [5.41, 5.74) is 0.0794. The Bertz CT molecular complexity index is 541. The van der Waals surface area contributed by atoms with Crippen LogP contribution in [0.5, 0.6) is 5.75 Å². The molecular formula is C11H10O2S2. The van der Waals surface area contributed by atoms with Gasteiger partial charge in [-0.15, -0.1) is 23.1 Å². The van der Waals surface area contributed by atoms with Crippen molar-refractivity contribution in [2.24, 2.45) is 0 Å². The summed E-state index contributed by atoms with van der Waals surface area (Å²) < 4.78 is 7.14. The van der Waals surface area contributed by atoms with E-state index in [1.165, 1.54) is 0 Å². The molecule has 0 N–H and O–H groups in total. The first kappa shape index (κ1) is 10.5. The van der Waals surface area contributed by atoms with Gasteiger partial charge in [0.1, 0.15) is 5.75 Å². The van der Waals surface area contributed by atoms with Crippen LogP contribution < -0.4 is 10.2 Å². The zero-order valence-electron chi connectivity index (χ0n) is 8.44. The fourth-order valence-corrected chi connectivity index (χ4v) is 3.00. The smallest absolute Gasteiger partial charge is 0.189 e. The molecule has 1 aromatic carbocycles. The van der Waals surface area contributed by atoms with Crippen LogP contribution in [0, 0.1) is 0 Å². The molecule has 0 aliphatic carbocycles. The topological polar surface area (TPSA) is 26.3 Å². The summed E-state index contributed by atoms with van der Waals surface area (Å²) in [6.45, 7) is 0. The van der Waals surface area contributed by atoms with Crippen molar-refractivity contribution in [1.82, 2.24) is 0 Å². The average molecular weight is 238 g/mol. The SMILES string of the molecule is COc1ccc2c(=O)cc(SC)sc2c1. The molecule has 0 atom stereocenters. The third kappa shape index (κ3) is 2.01. The van der Waals surface area contributed by atoms with E-state index < -0.39 is 0 Å². The van der Waals surface area contributed by atoms with Crippen LogP contribution in [0.2, 0.25) is 0 Å². The summed E-state index contributed by atoms with van der Waals surface area (Å²) in [6.07, 6.45) is 1.97. The van der Waals surface area contributed by atoms with Crippen LogP contribution in [0.25, 0.3) is 10.1 Å². The van der Waals surface area contributed by atoms with Gasteiger partial charge in [0, 0.05) is 16.2 Å². The predicted molar refractivity (Wildman–Crippen MR) is 66.4 cm³/mol. The first-order valence-corrected chi connectivity index (χ1v) is 6.44. The summed E-state index contributed by atoms with van der Waals surface area (Å²) in [5, 5.41) is 0.763. The summed E-state index contributed by atoms with van der Waals surface area (Å²) in [5.74, 6) is 0.788. The zero-order valence-corrected chi connectivity index (χ0v) is 10.1. The second-order valence-electron chi connectivity index (χ2n) is 3.00. The normalized spacial score (nSPS) is 10.5. The average Bonchev–Trinajstić information content (AvgIpc) is 2.28. The van der Waals surface area contributed by atoms with Crippen LogP contribution in [0.4, 0.5) is 0 Å². The van der Waals surface area contributed by atoms with Crippen molar-refractivity contribution in [3.05, 3.63) is 34.5 Å². The number of fused-ring (bicyclic) bond motifs is 1. The van der Waals surface area contributed by atoms with Gasteiger partial charge in [-0.2, -0.15) is 0 Å². The monoisotopic (exact) mass is 238 g/mol. The highest BCUT2D eigenvalue weighted by atomic mass is 32.2. The van der Waals surface area contributed by atoms with E-state index in [1.807, 2.05) is 24.5 Å². The van der Waals surface area contributed by atoms with E-state index in [0.29, 0.717) is 0 Å². The number of hydrogen-bond donors (Lipinski definition) is 0. The Hall–Kier alpha value is -1.00. The standard InChI is InChI=1S/C11H10O2S2/c1-13-7-3-4-8-9(12)6-11(14-2)15-10(8)5-7/h3-6H,1-2H3. The van der Waals surface area contributed by atoms with Crippen molar-refractivity contribution in [3.63, 3.8) is 0 Å². The van der Waals surface area contributed by atoms with E-state index in [-0.39, 0.29) is 5.43 Å². The van der Waals surface area contributed by atoms with Gasteiger partial charge in [-0.3, -0.25) is 4.79 Å². The second kappa shape index (κ2) is 4.24. The molecule has 0 amide bonds. The van der Waals surface area contributed by atoms with Crippen molar-refractivity contribution in [2.75, 3.05) is 13.4 Å². The first-order chi connectivity index (χ1) is 7.24. The Labute approximate surface area is 95.9 Å². The summed E-state index contributed by atoms with van der Waals surface area (Å²) >= 11 is 3.20. The molecule has 0 unspecified atom stereocenters. The Morgan fingerprint density at radius 1 is 1.33 bits per heavy atom. The third-order valence-electron chi connectivity index (χ3n) is 2.11. The lowest BCUT2D eigenvalue weighted by atomic mass is 10.2. The van der Waals surface area contributed by atoms with Gasteiger partial charge in [0.05, 0.1) is 11.3 Å². The van der Waals surface area contributed by atoms with Gasteiger partial charge in [-0.25, -0.2) is 0 Å². The maximum Gasteiger partial charge on any atom is 0.189 e. The molecule has 0 spiro atoms. The number of hydrogen-bond acceptors (Lipinski definition) is 4. The van der Waals surface area contributed by atoms with Crippen LogP contribution in [0.15, 0.2) is 33.3 Å². The molecule has 0 saturated heterocycles. The minimum atomic E-state index is 0.0794. The highest BCUT2D eigenvalue weighted by Crippen LogP contribution is 2.28. The molecule has 1 heterocycles. The van der Waals surface area contributed by atoms with Gasteiger partial charge < -0.3 is 4.74 Å². The highest BCUT2D eigenvalue weighted by Gasteiger charge is 2.03. The van der Waals surface area contributed by atoms with Crippen LogP contribution in [-0.4, -0.2) is 13.4 Å². The number of methoxy groups -OCH3 is 1. The van der Waals surface area contributed by atoms with Gasteiger partial charge in [-0.05, 0) is 24.5 Å². The summed E-state index contributed by atoms with van der Waals surface area (Å²) in [4.78, 5) is 11.7. The van der Waals surface area contributed by atoms with E-state index in [1.54, 1.807) is 36.3 Å². The van der Waals surface area contributed by atoms with E-state index in [4.69, 9.17) is 4.74 Å². The van der Waals surface area contributed by atoms with Crippen molar-refractivity contribution in [3.8, 4) is 5.75 Å². The summed E-state index contributed by atoms with van der Waals surface area (Å²) in [6, 6.07) is 7.22. The number of thioether (sulfide) groups is 1. The molecule has 4 heteroatoms. The van der Waals surface area contributed by atoms with Gasteiger partial charge in [0.25, 0.3) is 0 Å². The van der Waals surface area contributed by atoms with Crippen molar-refractivity contribution < 1.29 is 4.74 Å². The van der Waals surface area contributed by atoms with Gasteiger partial charge in [0.15, 0.2) is 5.43 Å². The number of ether oxygens (including phenoxy) is 1. The number of rotatable bonds is 2. The van der Waals surface area contributed by atoms with E-state index >= 15 is 0 Å². The Balaban J connectivity index is 2.75. The zero-order chi connectivity index (χ0) is 10.8. The molecule has 2 aromatic rings. The molecule has 1 aromatic heterocycles. The van der Waals surface area contributed by atoms with Crippen LogP contribution in [0.1, 0.15) is 0 Å². The molecule has 15 heavy (non-hydrogen) atoms. The maximum absolute atomic E-state index is 11.7. The lowest BCUT2D eigenvalue weighted by Gasteiger charge is -2.02. The third-order valence-corrected chi connectivity index (χ3v) is 4.26. The Morgan fingerprint density at radius 3 is 2.80 bits per heavy atom. The summed E-state index contributed by atoms with van der Waals surface area (Å²) in [7, 11) is 1.63. The molecular weight excluding hydrogens is 228 g/mol. The predicted octanol–water partition coefficient (Wildman–Crippen LogP) is 2.99. The molecule has 78 valence electrons. The van der Waals surface area contributed by atoms with E-state index in [2.05, 4.69) is 0 Å². The molecule has 2 rings (SSSR count). The first-order valence-electron chi connectivity index (χ1n) is 4.40. The van der Waals surface area contributed by atoms with E-state index in [0.717, 1.165) is 20.0 Å². The van der Waals surface area contributed by atoms with E-state index in [9.17, 15) is 4.79 Å². The quantitative estimate of drug-likeness (QED) is 0.752. The lowest BCUT2D eigenvalue weighted by Crippen LogP contribution is -1.98. The van der Waals surface area contributed by atoms with Crippen molar-refractivity contribution in [1.29, 1.82) is 0 Å². The molecule has 0 aliphatic rings. The maximum atomic E-state index is 11.7. The minimum Gasteiger partial charge on any atom is -0.497 e. The van der Waals surface area contributed by atoms with Crippen molar-refractivity contribution in [2.45, 2.75) is 4.21 Å². The van der Waals surface area contributed by atoms with Crippen LogP contribution in [-0.2, 0) is 0 Å². The molecule has 0 saturated carbocycles. The Morgan fingerprint density at radius 2 is 2.13 bits per heavy atom. The lowest BCUT2D eigenvalue weighted by molar-refractivity contribution is 0.415. The highest BCUT2D eigenvalue weighted by molar-refractivity contribution is 8.00.